The van der Waals surface area contributed by atoms with Crippen molar-refractivity contribution in [1.29, 1.82) is 0 Å². The molecule has 17 heavy (non-hydrogen) atoms. The highest BCUT2D eigenvalue weighted by Crippen LogP contribution is 2.44. The molecule has 0 aromatic carbocycles. The molecular formula is C14H25NO2. The zero-order chi connectivity index (χ0) is 11.5. The van der Waals surface area contributed by atoms with E-state index in [9.17, 15) is 0 Å². The van der Waals surface area contributed by atoms with E-state index < -0.39 is 0 Å². The lowest BCUT2D eigenvalue weighted by Crippen LogP contribution is -2.36. The van der Waals surface area contributed by atoms with Crippen molar-refractivity contribution in [2.75, 3.05) is 26.4 Å². The smallest absolute Gasteiger partial charge is 0.0619 e. The fourth-order valence-electron chi connectivity index (χ4n) is 2.92. The normalized spacial score (nSPS) is 26.6. The lowest BCUT2D eigenvalue weighted by Gasteiger charge is -2.23. The van der Waals surface area contributed by atoms with Crippen LogP contribution >= 0.6 is 0 Å². The zero-order valence-electron chi connectivity index (χ0n) is 10.7. The Bertz CT molecular complexity index is 220. The van der Waals surface area contributed by atoms with E-state index in [-0.39, 0.29) is 0 Å². The topological polar surface area (TPSA) is 30.5 Å². The lowest BCUT2D eigenvalue weighted by molar-refractivity contribution is -0.0311. The van der Waals surface area contributed by atoms with E-state index >= 15 is 0 Å². The van der Waals surface area contributed by atoms with Crippen LogP contribution in [0.25, 0.3) is 0 Å². The Balaban J connectivity index is 1.28. The van der Waals surface area contributed by atoms with Crippen LogP contribution in [0.5, 0.6) is 0 Å². The summed E-state index contributed by atoms with van der Waals surface area (Å²) in [5.41, 5.74) is 0. The summed E-state index contributed by atoms with van der Waals surface area (Å²) in [5, 5.41) is 3.73. The van der Waals surface area contributed by atoms with Crippen LogP contribution in [0.3, 0.4) is 0 Å². The van der Waals surface area contributed by atoms with Crippen LogP contribution in [0.1, 0.15) is 38.5 Å². The van der Waals surface area contributed by atoms with Gasteiger partial charge in [-0.3, -0.25) is 0 Å². The molecule has 3 fully saturated rings. The highest BCUT2D eigenvalue weighted by atomic mass is 16.5. The van der Waals surface area contributed by atoms with Crippen molar-refractivity contribution in [3.8, 4) is 0 Å². The Morgan fingerprint density at radius 3 is 2.24 bits per heavy atom. The van der Waals surface area contributed by atoms with E-state index in [0.29, 0.717) is 6.10 Å². The predicted octanol–water partition coefficient (Wildman–Crippen LogP) is 1.96. The Labute approximate surface area is 104 Å². The van der Waals surface area contributed by atoms with Crippen LogP contribution < -0.4 is 5.32 Å². The largest absolute Gasteiger partial charge is 0.381 e. The van der Waals surface area contributed by atoms with Gasteiger partial charge in [0, 0.05) is 25.8 Å². The Morgan fingerprint density at radius 1 is 1.00 bits per heavy atom. The third kappa shape index (κ3) is 3.67. The first-order chi connectivity index (χ1) is 8.43. The molecule has 3 heteroatoms. The van der Waals surface area contributed by atoms with E-state index in [2.05, 4.69) is 5.32 Å². The fraction of sp³-hybridized carbons (Fsp3) is 1.00. The molecule has 1 aliphatic heterocycles. The molecule has 0 atom stereocenters. The van der Waals surface area contributed by atoms with Gasteiger partial charge in [0.1, 0.15) is 0 Å². The summed E-state index contributed by atoms with van der Waals surface area (Å²) in [7, 11) is 0. The van der Waals surface area contributed by atoms with Crippen molar-refractivity contribution in [2.24, 2.45) is 11.8 Å². The fourth-order valence-corrected chi connectivity index (χ4v) is 2.92. The maximum absolute atomic E-state index is 5.89. The molecule has 0 unspecified atom stereocenters. The van der Waals surface area contributed by atoms with E-state index in [0.717, 1.165) is 57.1 Å². The molecule has 0 spiro atoms. The summed E-state index contributed by atoms with van der Waals surface area (Å²) < 4.78 is 11.2. The molecule has 1 saturated heterocycles. The van der Waals surface area contributed by atoms with Crippen LogP contribution in [0.15, 0.2) is 0 Å². The number of nitrogens with one attached hydrogen (secondary N) is 1. The number of rotatable bonds is 7. The average molecular weight is 239 g/mol. The molecule has 0 aromatic rings. The van der Waals surface area contributed by atoms with Crippen molar-refractivity contribution in [2.45, 2.75) is 50.7 Å². The van der Waals surface area contributed by atoms with Gasteiger partial charge in [0.25, 0.3) is 0 Å². The highest BCUT2D eigenvalue weighted by Gasteiger charge is 2.40. The molecule has 1 heterocycles. The summed E-state index contributed by atoms with van der Waals surface area (Å²) in [5.74, 6) is 1.98. The second-order valence-electron chi connectivity index (χ2n) is 5.84. The van der Waals surface area contributed by atoms with Gasteiger partial charge < -0.3 is 14.8 Å². The van der Waals surface area contributed by atoms with Crippen LogP contribution in [0, 0.1) is 11.8 Å². The minimum atomic E-state index is 0.450. The Hall–Kier alpha value is -0.120. The molecule has 0 radical (unpaired) electrons. The quantitative estimate of drug-likeness (QED) is 0.689. The molecule has 1 N–H and O–H groups in total. The van der Waals surface area contributed by atoms with Crippen molar-refractivity contribution >= 4 is 0 Å². The van der Waals surface area contributed by atoms with Crippen LogP contribution in [-0.2, 0) is 9.47 Å². The minimum Gasteiger partial charge on any atom is -0.381 e. The summed E-state index contributed by atoms with van der Waals surface area (Å²) in [6.07, 6.45) is 8.42. The SMILES string of the molecule is C(COC1CCOCC1)NC(C1CC1)C1CC1. The maximum atomic E-state index is 5.89. The number of ether oxygens (including phenoxy) is 2. The lowest BCUT2D eigenvalue weighted by atomic mass is 10.1. The van der Waals surface area contributed by atoms with Crippen LogP contribution in [0.2, 0.25) is 0 Å². The van der Waals surface area contributed by atoms with Gasteiger partial charge in [0.05, 0.1) is 12.7 Å². The second-order valence-corrected chi connectivity index (χ2v) is 5.84. The van der Waals surface area contributed by atoms with Crippen LogP contribution in [0.4, 0.5) is 0 Å². The predicted molar refractivity (Wildman–Crippen MR) is 67.0 cm³/mol. The molecule has 98 valence electrons. The third-order valence-corrected chi connectivity index (χ3v) is 4.26. The zero-order valence-corrected chi connectivity index (χ0v) is 10.7. The molecule has 3 aliphatic rings. The Morgan fingerprint density at radius 2 is 1.65 bits per heavy atom. The van der Waals surface area contributed by atoms with E-state index in [1.54, 1.807) is 0 Å². The summed E-state index contributed by atoms with van der Waals surface area (Å²) >= 11 is 0. The summed E-state index contributed by atoms with van der Waals surface area (Å²) in [4.78, 5) is 0. The molecule has 0 amide bonds. The number of hydrogen-bond donors (Lipinski definition) is 1. The molecule has 0 aromatic heterocycles. The van der Waals surface area contributed by atoms with Gasteiger partial charge in [-0.2, -0.15) is 0 Å². The first-order valence-electron chi connectivity index (χ1n) is 7.36. The van der Waals surface area contributed by atoms with Gasteiger partial charge >= 0.3 is 0 Å². The summed E-state index contributed by atoms with van der Waals surface area (Å²) in [6, 6.07) is 0.813. The van der Waals surface area contributed by atoms with Crippen LogP contribution in [-0.4, -0.2) is 38.5 Å². The van der Waals surface area contributed by atoms with E-state index in [4.69, 9.17) is 9.47 Å². The third-order valence-electron chi connectivity index (χ3n) is 4.26. The standard InChI is InChI=1S/C14H25NO2/c1-2-11(1)14(12-3-4-12)15-7-10-17-13-5-8-16-9-6-13/h11-15H,1-10H2. The Kier molecular flexibility index (Phi) is 3.99. The number of hydrogen-bond acceptors (Lipinski definition) is 3. The van der Waals surface area contributed by atoms with Gasteiger partial charge in [0.2, 0.25) is 0 Å². The van der Waals surface area contributed by atoms with Gasteiger partial charge in [-0.25, -0.2) is 0 Å². The molecule has 3 nitrogen and oxygen atoms in total. The first-order valence-corrected chi connectivity index (χ1v) is 7.36. The van der Waals surface area contributed by atoms with Gasteiger partial charge in [0.15, 0.2) is 0 Å². The minimum absolute atomic E-state index is 0.450. The average Bonchev–Trinajstić information content (AvgIpc) is 3.24. The van der Waals surface area contributed by atoms with Gasteiger partial charge in [-0.05, 0) is 50.4 Å². The molecule has 0 bridgehead atoms. The monoisotopic (exact) mass is 239 g/mol. The van der Waals surface area contributed by atoms with Gasteiger partial charge in [-0.1, -0.05) is 0 Å². The highest BCUT2D eigenvalue weighted by molar-refractivity contribution is 4.96. The van der Waals surface area contributed by atoms with Crippen molar-refractivity contribution in [3.63, 3.8) is 0 Å². The van der Waals surface area contributed by atoms with E-state index in [1.807, 2.05) is 0 Å². The molecule has 3 rings (SSSR count). The van der Waals surface area contributed by atoms with Crippen molar-refractivity contribution in [1.82, 2.24) is 5.32 Å². The molecular weight excluding hydrogens is 214 g/mol. The maximum Gasteiger partial charge on any atom is 0.0619 e. The summed E-state index contributed by atoms with van der Waals surface area (Å²) in [6.45, 7) is 3.67. The molecule has 2 saturated carbocycles. The van der Waals surface area contributed by atoms with E-state index in [1.165, 1.54) is 25.7 Å². The second kappa shape index (κ2) is 5.68. The molecule has 2 aliphatic carbocycles. The van der Waals surface area contributed by atoms with Crippen molar-refractivity contribution in [3.05, 3.63) is 0 Å². The van der Waals surface area contributed by atoms with Crippen molar-refractivity contribution < 1.29 is 9.47 Å². The van der Waals surface area contributed by atoms with Gasteiger partial charge in [-0.15, -0.1) is 0 Å². The first kappa shape index (κ1) is 11.9.